The summed E-state index contributed by atoms with van der Waals surface area (Å²) in [5.41, 5.74) is 0.441. The lowest BCUT2D eigenvalue weighted by Crippen LogP contribution is -2.11. The Morgan fingerprint density at radius 3 is 2.33 bits per heavy atom. The van der Waals surface area contributed by atoms with Gasteiger partial charge in [-0.1, -0.05) is 46.5 Å². The number of rotatable bonds is 11. The molecule has 0 spiro atoms. The molecule has 0 aromatic carbocycles. The molecule has 0 saturated carbocycles. The first-order chi connectivity index (χ1) is 8.37. The lowest BCUT2D eigenvalue weighted by Gasteiger charge is -2.23. The monoisotopic (exact) mass is 258 g/mol. The molecule has 3 nitrogen and oxygen atoms in total. The Balaban J connectivity index is 3.47. The van der Waals surface area contributed by atoms with Crippen LogP contribution in [0.5, 0.6) is 0 Å². The van der Waals surface area contributed by atoms with Crippen LogP contribution in [0.3, 0.4) is 0 Å². The number of hydrogen-bond donors (Lipinski definition) is 2. The van der Waals surface area contributed by atoms with Gasteiger partial charge in [0.2, 0.25) is 0 Å². The van der Waals surface area contributed by atoms with Gasteiger partial charge >= 0.3 is 5.97 Å². The van der Waals surface area contributed by atoms with Crippen molar-refractivity contribution in [2.75, 3.05) is 0 Å². The summed E-state index contributed by atoms with van der Waals surface area (Å²) in [6, 6.07) is 0. The predicted octanol–water partition coefficient (Wildman–Crippen LogP) is 3.99. The van der Waals surface area contributed by atoms with E-state index < -0.39 is 12.1 Å². The van der Waals surface area contributed by atoms with Gasteiger partial charge in [0.1, 0.15) is 0 Å². The molecule has 18 heavy (non-hydrogen) atoms. The molecule has 0 aromatic heterocycles. The second kappa shape index (κ2) is 9.37. The molecule has 0 aliphatic rings. The topological polar surface area (TPSA) is 57.5 Å². The van der Waals surface area contributed by atoms with Gasteiger partial charge in [0.15, 0.2) is 0 Å². The minimum absolute atomic E-state index is 0.0741. The molecule has 0 fully saturated rings. The molecule has 1 unspecified atom stereocenters. The van der Waals surface area contributed by atoms with Crippen molar-refractivity contribution in [2.45, 2.75) is 84.7 Å². The summed E-state index contributed by atoms with van der Waals surface area (Å²) < 4.78 is 0. The Kier molecular flexibility index (Phi) is 9.08. The zero-order valence-corrected chi connectivity index (χ0v) is 12.2. The van der Waals surface area contributed by atoms with E-state index in [1.165, 1.54) is 25.7 Å². The maximum Gasteiger partial charge on any atom is 0.303 e. The molecule has 1 atom stereocenters. The van der Waals surface area contributed by atoms with Crippen LogP contribution in [0.1, 0.15) is 78.6 Å². The van der Waals surface area contributed by atoms with Crippen molar-refractivity contribution >= 4 is 5.97 Å². The fraction of sp³-hybridized carbons (Fsp3) is 0.933. The third-order valence-corrected chi connectivity index (χ3v) is 3.51. The van der Waals surface area contributed by atoms with E-state index in [-0.39, 0.29) is 6.42 Å². The number of hydrogen-bond acceptors (Lipinski definition) is 2. The fourth-order valence-corrected chi connectivity index (χ4v) is 2.40. The highest BCUT2D eigenvalue weighted by Crippen LogP contribution is 2.29. The van der Waals surface area contributed by atoms with E-state index in [1.54, 1.807) is 0 Å². The molecular weight excluding hydrogens is 228 g/mol. The number of unbranched alkanes of at least 4 members (excludes halogenated alkanes) is 2. The second-order valence-corrected chi connectivity index (χ2v) is 6.10. The highest BCUT2D eigenvalue weighted by molar-refractivity contribution is 5.66. The Bertz CT molecular complexity index is 224. The number of aliphatic carboxylic acids is 1. The van der Waals surface area contributed by atoms with Crippen molar-refractivity contribution in [1.29, 1.82) is 0 Å². The van der Waals surface area contributed by atoms with E-state index in [0.29, 0.717) is 11.8 Å². The Hall–Kier alpha value is -0.570. The van der Waals surface area contributed by atoms with E-state index in [4.69, 9.17) is 5.11 Å². The quantitative estimate of drug-likeness (QED) is 0.551. The summed E-state index contributed by atoms with van der Waals surface area (Å²) in [6.07, 6.45) is 7.85. The normalized spacial score (nSPS) is 13.6. The third-order valence-electron chi connectivity index (χ3n) is 3.51. The fourth-order valence-electron chi connectivity index (χ4n) is 2.40. The van der Waals surface area contributed by atoms with Gasteiger partial charge in [0, 0.05) is 6.42 Å². The molecule has 0 bridgehead atoms. The molecule has 0 aliphatic carbocycles. The molecule has 108 valence electrons. The largest absolute Gasteiger partial charge is 0.481 e. The first-order valence-electron chi connectivity index (χ1n) is 7.27. The number of carbonyl (C=O) groups is 1. The van der Waals surface area contributed by atoms with E-state index >= 15 is 0 Å². The highest BCUT2D eigenvalue weighted by atomic mass is 16.4. The lowest BCUT2D eigenvalue weighted by atomic mass is 9.82. The van der Waals surface area contributed by atoms with Gasteiger partial charge in [-0.15, -0.1) is 0 Å². The number of carboxylic acids is 1. The van der Waals surface area contributed by atoms with Gasteiger partial charge < -0.3 is 10.2 Å². The summed E-state index contributed by atoms with van der Waals surface area (Å²) >= 11 is 0. The molecule has 0 radical (unpaired) electrons. The van der Waals surface area contributed by atoms with Crippen molar-refractivity contribution in [3.05, 3.63) is 0 Å². The summed E-state index contributed by atoms with van der Waals surface area (Å²) in [5, 5.41) is 18.1. The van der Waals surface area contributed by atoms with E-state index in [2.05, 4.69) is 20.8 Å². The Morgan fingerprint density at radius 2 is 1.78 bits per heavy atom. The smallest absolute Gasteiger partial charge is 0.303 e. The zero-order chi connectivity index (χ0) is 14.0. The lowest BCUT2D eigenvalue weighted by molar-refractivity contribution is -0.137. The van der Waals surface area contributed by atoms with Crippen LogP contribution in [0.25, 0.3) is 0 Å². The first-order valence-corrected chi connectivity index (χ1v) is 7.27. The molecule has 0 rings (SSSR count). The van der Waals surface area contributed by atoms with Crippen LogP contribution in [0.15, 0.2) is 0 Å². The van der Waals surface area contributed by atoms with Crippen molar-refractivity contribution in [2.24, 2.45) is 5.41 Å². The average molecular weight is 258 g/mol. The van der Waals surface area contributed by atoms with Crippen molar-refractivity contribution in [3.8, 4) is 0 Å². The van der Waals surface area contributed by atoms with Gasteiger partial charge in [-0.3, -0.25) is 4.79 Å². The van der Waals surface area contributed by atoms with Crippen LogP contribution < -0.4 is 0 Å². The Labute approximate surface area is 112 Å². The number of carboxylic acid groups (broad SMARTS) is 1. The predicted molar refractivity (Wildman–Crippen MR) is 74.7 cm³/mol. The van der Waals surface area contributed by atoms with E-state index in [0.717, 1.165) is 19.3 Å². The van der Waals surface area contributed by atoms with E-state index in [9.17, 15) is 9.90 Å². The SMILES string of the molecule is CCCC(C)(C)CCCCCC(O)CCC(=O)O. The molecular formula is C15H30O3. The zero-order valence-electron chi connectivity index (χ0n) is 12.2. The van der Waals surface area contributed by atoms with Crippen LogP contribution in [-0.2, 0) is 4.79 Å². The average Bonchev–Trinajstić information content (AvgIpc) is 2.25. The summed E-state index contributed by atoms with van der Waals surface area (Å²) in [6.45, 7) is 6.86. The minimum atomic E-state index is -0.824. The molecule has 3 heteroatoms. The van der Waals surface area contributed by atoms with Crippen molar-refractivity contribution < 1.29 is 15.0 Å². The van der Waals surface area contributed by atoms with Gasteiger partial charge in [0.25, 0.3) is 0 Å². The minimum Gasteiger partial charge on any atom is -0.481 e. The van der Waals surface area contributed by atoms with Gasteiger partial charge in [-0.2, -0.15) is 0 Å². The van der Waals surface area contributed by atoms with E-state index in [1.807, 2.05) is 0 Å². The molecule has 0 saturated heterocycles. The van der Waals surface area contributed by atoms with Gasteiger partial charge in [-0.25, -0.2) is 0 Å². The number of aliphatic hydroxyl groups is 1. The van der Waals surface area contributed by atoms with Crippen LogP contribution >= 0.6 is 0 Å². The summed E-state index contributed by atoms with van der Waals surface area (Å²) in [5.74, 6) is -0.824. The second-order valence-electron chi connectivity index (χ2n) is 6.10. The van der Waals surface area contributed by atoms with Crippen molar-refractivity contribution in [3.63, 3.8) is 0 Å². The standard InChI is InChI=1S/C15H30O3/c1-4-11-15(2,3)12-7-5-6-8-13(16)9-10-14(17)18/h13,16H,4-12H2,1-3H3,(H,17,18). The molecule has 2 N–H and O–H groups in total. The van der Waals surface area contributed by atoms with Crippen molar-refractivity contribution in [1.82, 2.24) is 0 Å². The van der Waals surface area contributed by atoms with Crippen LogP contribution in [0.4, 0.5) is 0 Å². The highest BCUT2D eigenvalue weighted by Gasteiger charge is 2.15. The first kappa shape index (κ1) is 17.4. The molecule has 0 heterocycles. The Morgan fingerprint density at radius 1 is 1.11 bits per heavy atom. The van der Waals surface area contributed by atoms with Gasteiger partial charge in [0.05, 0.1) is 6.10 Å². The molecule has 0 aromatic rings. The molecule has 0 aliphatic heterocycles. The van der Waals surface area contributed by atoms with Gasteiger partial charge in [-0.05, 0) is 31.1 Å². The van der Waals surface area contributed by atoms with Crippen LogP contribution in [0.2, 0.25) is 0 Å². The van der Waals surface area contributed by atoms with Crippen LogP contribution in [0, 0.1) is 5.41 Å². The summed E-state index contributed by atoms with van der Waals surface area (Å²) in [4.78, 5) is 10.3. The molecule has 0 amide bonds. The maximum atomic E-state index is 10.3. The van der Waals surface area contributed by atoms with Crippen LogP contribution in [-0.4, -0.2) is 22.3 Å². The maximum absolute atomic E-state index is 10.3. The third kappa shape index (κ3) is 10.6. The number of aliphatic hydroxyl groups excluding tert-OH is 1. The summed E-state index contributed by atoms with van der Waals surface area (Å²) in [7, 11) is 0.